The number of halogens is 3. The third-order valence-corrected chi connectivity index (χ3v) is 11.9. The number of aromatic nitrogens is 3. The monoisotopic (exact) mass is 972 g/mol. The van der Waals surface area contributed by atoms with E-state index in [4.69, 9.17) is 29.4 Å². The summed E-state index contributed by atoms with van der Waals surface area (Å²) in [5.41, 5.74) is 10.4. The Kier molecular flexibility index (Phi) is 19.4. The Morgan fingerprint density at radius 1 is 0.652 bits per heavy atom. The number of anilines is 3. The van der Waals surface area contributed by atoms with Gasteiger partial charge in [0.2, 0.25) is 0 Å². The molecule has 0 bridgehead atoms. The Balaban J connectivity index is 0.000000163. The largest absolute Gasteiger partial charge is 0.444 e. The van der Waals surface area contributed by atoms with E-state index in [1.807, 2.05) is 49.9 Å². The van der Waals surface area contributed by atoms with Crippen LogP contribution in [0.5, 0.6) is 0 Å². The van der Waals surface area contributed by atoms with Crippen LogP contribution in [-0.4, -0.2) is 151 Å². The van der Waals surface area contributed by atoms with Crippen molar-refractivity contribution in [3.63, 3.8) is 0 Å². The second-order valence-electron chi connectivity index (χ2n) is 20.2. The highest BCUT2D eigenvalue weighted by Gasteiger charge is 2.31. The maximum atomic E-state index is 13.1. The van der Waals surface area contributed by atoms with Gasteiger partial charge in [0, 0.05) is 89.9 Å². The van der Waals surface area contributed by atoms with Gasteiger partial charge in [-0.2, -0.15) is 0 Å². The number of likely N-dealkylation sites (tertiary alicyclic amines) is 2. The summed E-state index contributed by atoms with van der Waals surface area (Å²) < 4.78 is 64.1. The van der Waals surface area contributed by atoms with Crippen LogP contribution in [0.15, 0.2) is 36.4 Å². The fraction of sp³-hybridized carbons (Fsp3) is 0.653. The molecule has 6 N–H and O–H groups in total. The second kappa shape index (κ2) is 24.9. The third-order valence-electron chi connectivity index (χ3n) is 11.9. The molecular weight excluding hydrogens is 900 g/mol. The zero-order chi connectivity index (χ0) is 49.7. The van der Waals surface area contributed by atoms with Gasteiger partial charge in [0.05, 0.1) is 43.5 Å². The number of alkyl halides is 3. The molecule has 3 aromatic rings. The van der Waals surface area contributed by atoms with E-state index in [0.717, 1.165) is 68.2 Å². The Morgan fingerprint density at radius 3 is 1.36 bits per heavy atom. The predicted molar refractivity (Wildman–Crippen MR) is 255 cm³/mol. The van der Waals surface area contributed by atoms with E-state index in [1.54, 1.807) is 32.9 Å². The standard InChI is InChI=1S/C18H26FN3O3.C15H22N2O4.C13H18FN3O.C3H6FN/c1-18(2,3)25-17(23)21-16-5-4-14(12-6-7-24-11-12)15(20-16)10-22-8-13(19)9-22;1-15(2,3)21-14(19)17-13-5-4-11(12(8-18)16-13)10-6-7-20-9-10;14-10-5-17(6-10)7-12-11(1-2-13(15)16-12)9-3-4-18-8-9;4-3-1-5-2-3/h4-5,12-13H,6-11H2,1-3H3,(H,20,21,23);4-5,10,18H,6-9H2,1-3H3,(H,16,17,19);1-2,9-10H,3-8H2,(H2,15,16);3,5H,1-2H2. The summed E-state index contributed by atoms with van der Waals surface area (Å²) in [4.78, 5) is 41.1. The molecule has 3 aromatic heterocycles. The van der Waals surface area contributed by atoms with Gasteiger partial charge in [0.25, 0.3) is 0 Å². The maximum absolute atomic E-state index is 13.1. The van der Waals surface area contributed by atoms with Crippen molar-refractivity contribution in [2.45, 2.75) is 128 Å². The molecule has 0 aliphatic carbocycles. The van der Waals surface area contributed by atoms with E-state index in [9.17, 15) is 27.9 Å². The molecule has 9 rings (SSSR count). The molecule has 0 radical (unpaired) electrons. The molecule has 0 saturated carbocycles. The van der Waals surface area contributed by atoms with Gasteiger partial charge < -0.3 is 39.8 Å². The first-order valence-electron chi connectivity index (χ1n) is 24.0. The summed E-state index contributed by atoms with van der Waals surface area (Å²) >= 11 is 0. The fourth-order valence-electron chi connectivity index (χ4n) is 8.29. The number of amides is 2. The topological polar surface area (TPSA) is 208 Å². The van der Waals surface area contributed by atoms with Gasteiger partial charge in [0.15, 0.2) is 0 Å². The fourth-order valence-corrected chi connectivity index (χ4v) is 8.29. The number of nitrogens with zero attached hydrogens (tertiary/aromatic N) is 5. The van der Waals surface area contributed by atoms with E-state index in [-0.39, 0.29) is 12.5 Å². The van der Waals surface area contributed by atoms with Gasteiger partial charge in [-0.05, 0) is 95.7 Å². The highest BCUT2D eigenvalue weighted by Crippen LogP contribution is 2.32. The van der Waals surface area contributed by atoms with E-state index in [1.165, 1.54) is 5.56 Å². The molecule has 9 heterocycles. The van der Waals surface area contributed by atoms with Crippen LogP contribution in [0.3, 0.4) is 0 Å². The molecular formula is C49H72F3N9O8. The van der Waals surface area contributed by atoms with Crippen LogP contribution in [0.4, 0.5) is 40.2 Å². The highest BCUT2D eigenvalue weighted by molar-refractivity contribution is 5.84. The molecule has 0 aromatic carbocycles. The minimum atomic E-state index is -0.749. The van der Waals surface area contributed by atoms with Gasteiger partial charge in [-0.15, -0.1) is 0 Å². The molecule has 2 amide bonds. The number of ether oxygens (including phenoxy) is 5. The number of nitrogen functional groups attached to an aromatic ring is 1. The average molecular weight is 972 g/mol. The lowest BCUT2D eigenvalue weighted by Gasteiger charge is -2.34. The Labute approximate surface area is 403 Å². The van der Waals surface area contributed by atoms with E-state index < -0.39 is 41.9 Å². The van der Waals surface area contributed by atoms with Gasteiger partial charge >= 0.3 is 12.2 Å². The summed E-state index contributed by atoms with van der Waals surface area (Å²) in [7, 11) is 0. The van der Waals surface area contributed by atoms with E-state index >= 15 is 0 Å². The van der Waals surface area contributed by atoms with Gasteiger partial charge in [-0.1, -0.05) is 18.2 Å². The van der Waals surface area contributed by atoms with Crippen LogP contribution in [0.25, 0.3) is 0 Å². The van der Waals surface area contributed by atoms with Gasteiger partial charge in [0.1, 0.15) is 47.2 Å². The first-order chi connectivity index (χ1) is 32.8. The van der Waals surface area contributed by atoms with Crippen molar-refractivity contribution in [3.8, 4) is 0 Å². The zero-order valence-corrected chi connectivity index (χ0v) is 40.9. The summed E-state index contributed by atoms with van der Waals surface area (Å²) in [6.45, 7) is 19.3. The lowest BCUT2D eigenvalue weighted by molar-refractivity contribution is 0.0575. The van der Waals surface area contributed by atoms with Crippen molar-refractivity contribution in [1.29, 1.82) is 0 Å². The Morgan fingerprint density at radius 2 is 1.03 bits per heavy atom. The molecule has 6 fully saturated rings. The highest BCUT2D eigenvalue weighted by atomic mass is 19.1. The quantitative estimate of drug-likeness (QED) is 0.142. The predicted octanol–water partition coefficient (Wildman–Crippen LogP) is 6.76. The smallest absolute Gasteiger partial charge is 0.413 e. The minimum Gasteiger partial charge on any atom is -0.444 e. The molecule has 382 valence electrons. The van der Waals surface area contributed by atoms with Crippen molar-refractivity contribution >= 4 is 29.6 Å². The summed E-state index contributed by atoms with van der Waals surface area (Å²) in [5.74, 6) is 2.33. The Hall–Kier alpha value is -4.70. The number of aliphatic hydroxyl groups excluding tert-OH is 1. The molecule has 6 aliphatic heterocycles. The normalized spacial score (nSPS) is 22.0. The van der Waals surface area contributed by atoms with Crippen molar-refractivity contribution in [3.05, 3.63) is 70.2 Å². The molecule has 17 nitrogen and oxygen atoms in total. The van der Waals surface area contributed by atoms with Crippen LogP contribution in [0.1, 0.15) is 112 Å². The third kappa shape index (κ3) is 17.3. The number of carbonyl (C=O) groups excluding carboxylic acids is 2. The van der Waals surface area contributed by atoms with Crippen LogP contribution >= 0.6 is 0 Å². The maximum Gasteiger partial charge on any atom is 0.413 e. The van der Waals surface area contributed by atoms with E-state index in [0.29, 0.717) is 101 Å². The number of aliphatic hydroxyl groups is 1. The summed E-state index contributed by atoms with van der Waals surface area (Å²) in [5, 5.41) is 17.5. The molecule has 69 heavy (non-hydrogen) atoms. The average Bonchev–Trinajstić information content (AvgIpc) is 4.07. The molecule has 6 aliphatic rings. The number of pyridine rings is 3. The van der Waals surface area contributed by atoms with Crippen LogP contribution in [0.2, 0.25) is 0 Å². The number of nitrogens with one attached hydrogen (secondary N) is 3. The number of carbonyl (C=O) groups is 2. The first-order valence-corrected chi connectivity index (χ1v) is 24.0. The Bertz CT molecular complexity index is 2110. The van der Waals surface area contributed by atoms with Gasteiger partial charge in [-0.25, -0.2) is 37.7 Å². The van der Waals surface area contributed by atoms with Crippen molar-refractivity contribution in [1.82, 2.24) is 30.1 Å². The lowest BCUT2D eigenvalue weighted by Crippen LogP contribution is -2.47. The number of hydrogen-bond donors (Lipinski definition) is 5. The lowest BCUT2D eigenvalue weighted by atomic mass is 9.96. The van der Waals surface area contributed by atoms with E-state index in [2.05, 4.69) is 35.8 Å². The number of nitrogens with two attached hydrogens (primary N) is 1. The second-order valence-corrected chi connectivity index (χ2v) is 20.2. The number of hydrogen-bond acceptors (Lipinski definition) is 15. The van der Waals surface area contributed by atoms with Gasteiger partial charge in [-0.3, -0.25) is 20.4 Å². The molecule has 3 atom stereocenters. The van der Waals surface area contributed by atoms with Crippen molar-refractivity contribution < 1.29 is 51.6 Å². The van der Waals surface area contributed by atoms with Crippen molar-refractivity contribution in [2.75, 3.05) is 95.3 Å². The van der Waals surface area contributed by atoms with Crippen molar-refractivity contribution in [2.24, 2.45) is 0 Å². The van der Waals surface area contributed by atoms with Crippen LogP contribution < -0.4 is 21.7 Å². The summed E-state index contributed by atoms with van der Waals surface area (Å²) in [6.07, 6.45) is -0.149. The molecule has 0 spiro atoms. The zero-order valence-electron chi connectivity index (χ0n) is 40.9. The van der Waals surface area contributed by atoms with Crippen LogP contribution in [0, 0.1) is 0 Å². The molecule has 20 heteroatoms. The minimum absolute atomic E-state index is 0.171. The number of rotatable bonds is 10. The molecule has 3 unspecified atom stereocenters. The molecule has 6 saturated heterocycles. The first kappa shape index (κ1) is 53.6. The SMILES string of the molecule is CC(C)(C)OC(=O)Nc1ccc(C2CCOC2)c(CN2CC(F)C2)n1.CC(C)(C)OC(=O)Nc1ccc(C2CCOC2)c(CO)n1.FC1CNC1.Nc1ccc(C2CCOC2)c(CN2CC(F)C2)n1. The van der Waals surface area contributed by atoms with Crippen LogP contribution in [-0.2, 0) is 43.4 Å². The summed E-state index contributed by atoms with van der Waals surface area (Å²) in [6, 6.07) is 11.3.